The van der Waals surface area contributed by atoms with Crippen molar-refractivity contribution >= 4 is 34.2 Å². The summed E-state index contributed by atoms with van der Waals surface area (Å²) in [5, 5.41) is 13.3. The molecule has 0 spiro atoms. The Balaban J connectivity index is 2.28. The van der Waals surface area contributed by atoms with E-state index >= 15 is 0 Å². The number of carbonyl (C=O) groups excluding carboxylic acids is 2. The second kappa shape index (κ2) is 9.27. The van der Waals surface area contributed by atoms with Crippen molar-refractivity contribution in [1.29, 1.82) is 0 Å². The number of benzene rings is 1. The number of aliphatic carboxylic acids is 1. The van der Waals surface area contributed by atoms with Crippen LogP contribution in [0.25, 0.3) is 11.1 Å². The number of carboxylic acids is 1. The van der Waals surface area contributed by atoms with E-state index in [9.17, 15) is 18.8 Å². The molecule has 0 atom stereocenters. The summed E-state index contributed by atoms with van der Waals surface area (Å²) in [7, 11) is 0. The number of hydrogen-bond donors (Lipinski definition) is 2. The van der Waals surface area contributed by atoms with Gasteiger partial charge in [0.25, 0.3) is 0 Å². The summed E-state index contributed by atoms with van der Waals surface area (Å²) in [5.74, 6) is -2.35. The Morgan fingerprint density at radius 3 is 2.44 bits per heavy atom. The third kappa shape index (κ3) is 5.89. The van der Waals surface area contributed by atoms with E-state index < -0.39 is 17.8 Å². The Bertz CT molecular complexity index is 829. The molecule has 1 heterocycles. The Kier molecular flexibility index (Phi) is 7.06. The molecule has 8 heteroatoms. The van der Waals surface area contributed by atoms with E-state index in [-0.39, 0.29) is 36.8 Å². The maximum atomic E-state index is 13.2. The molecule has 0 saturated carbocycles. The first-order valence-corrected chi connectivity index (χ1v) is 9.26. The lowest BCUT2D eigenvalue weighted by atomic mass is 10.0. The van der Waals surface area contributed by atoms with Gasteiger partial charge in [0.1, 0.15) is 16.4 Å². The van der Waals surface area contributed by atoms with Crippen molar-refractivity contribution in [2.75, 3.05) is 5.32 Å². The second-order valence-corrected chi connectivity index (χ2v) is 6.99. The minimum Gasteiger partial charge on any atom is -0.481 e. The van der Waals surface area contributed by atoms with Crippen LogP contribution in [-0.2, 0) is 14.3 Å². The highest BCUT2D eigenvalue weighted by atomic mass is 32.1. The van der Waals surface area contributed by atoms with E-state index in [1.807, 2.05) is 0 Å². The highest BCUT2D eigenvalue weighted by Crippen LogP contribution is 2.36. The zero-order chi connectivity index (χ0) is 20.0. The Morgan fingerprint density at radius 2 is 1.85 bits per heavy atom. The van der Waals surface area contributed by atoms with Gasteiger partial charge in [0.15, 0.2) is 0 Å². The van der Waals surface area contributed by atoms with Gasteiger partial charge in [-0.2, -0.15) is 0 Å². The lowest BCUT2D eigenvalue weighted by molar-refractivity contribution is -0.137. The predicted octanol–water partition coefficient (Wildman–Crippen LogP) is 4.31. The molecular weight excluding hydrogens is 373 g/mol. The van der Waals surface area contributed by atoms with Crippen LogP contribution in [0, 0.1) is 5.82 Å². The first-order chi connectivity index (χ1) is 12.8. The average molecular weight is 393 g/mol. The molecule has 0 unspecified atom stereocenters. The van der Waals surface area contributed by atoms with Crippen molar-refractivity contribution < 1.29 is 28.6 Å². The van der Waals surface area contributed by atoms with Crippen LogP contribution in [0.5, 0.6) is 0 Å². The normalized spacial score (nSPS) is 10.7. The first-order valence-electron chi connectivity index (χ1n) is 8.38. The molecule has 0 aliphatic heterocycles. The molecule has 1 aromatic heterocycles. The second-order valence-electron chi connectivity index (χ2n) is 6.11. The summed E-state index contributed by atoms with van der Waals surface area (Å²) in [6.45, 7) is 3.43. The predicted molar refractivity (Wildman–Crippen MR) is 100 cm³/mol. The molecule has 1 amide bonds. The van der Waals surface area contributed by atoms with Gasteiger partial charge in [0.2, 0.25) is 5.91 Å². The van der Waals surface area contributed by atoms with Gasteiger partial charge in [-0.15, -0.1) is 11.3 Å². The van der Waals surface area contributed by atoms with Crippen LogP contribution in [0.2, 0.25) is 0 Å². The molecule has 6 nitrogen and oxygen atoms in total. The average Bonchev–Trinajstić information content (AvgIpc) is 2.98. The maximum absolute atomic E-state index is 13.2. The van der Waals surface area contributed by atoms with Crippen LogP contribution in [0.4, 0.5) is 9.39 Å². The van der Waals surface area contributed by atoms with Crippen LogP contribution in [0.3, 0.4) is 0 Å². The molecule has 144 valence electrons. The highest BCUT2D eigenvalue weighted by molar-refractivity contribution is 7.15. The third-order valence-electron chi connectivity index (χ3n) is 3.54. The molecule has 2 rings (SSSR count). The lowest BCUT2D eigenvalue weighted by Gasteiger charge is -2.11. The van der Waals surface area contributed by atoms with E-state index in [1.54, 1.807) is 31.4 Å². The fourth-order valence-electron chi connectivity index (χ4n) is 2.36. The van der Waals surface area contributed by atoms with Crippen LogP contribution in [0.15, 0.2) is 29.6 Å². The smallest absolute Gasteiger partial charge is 0.342 e. The molecule has 0 bridgehead atoms. The third-order valence-corrected chi connectivity index (χ3v) is 4.44. The Labute approximate surface area is 160 Å². The number of anilines is 1. The molecule has 27 heavy (non-hydrogen) atoms. The van der Waals surface area contributed by atoms with Crippen LogP contribution in [-0.4, -0.2) is 29.1 Å². The number of hydrogen-bond acceptors (Lipinski definition) is 5. The molecule has 0 aliphatic carbocycles. The van der Waals surface area contributed by atoms with Crippen LogP contribution < -0.4 is 5.32 Å². The molecule has 0 radical (unpaired) electrons. The number of carbonyl (C=O) groups is 3. The standard InChI is InChI=1S/C19H20FNO5S/c1-11(2)26-19(25)17-14(12-6-8-13(20)9-7-12)10-27-18(17)21-15(22)4-3-5-16(23)24/h6-11H,3-5H2,1-2H3,(H,21,22)(H,23,24). The van der Waals surface area contributed by atoms with Gasteiger partial charge in [-0.25, -0.2) is 9.18 Å². The molecular formula is C19H20FNO5S. The van der Waals surface area contributed by atoms with Gasteiger partial charge in [0, 0.05) is 23.8 Å². The fourth-order valence-corrected chi connectivity index (χ4v) is 3.33. The summed E-state index contributed by atoms with van der Waals surface area (Å²) >= 11 is 1.16. The SMILES string of the molecule is CC(C)OC(=O)c1c(-c2ccc(F)cc2)csc1NC(=O)CCCC(=O)O. The van der Waals surface area contributed by atoms with Gasteiger partial charge >= 0.3 is 11.9 Å². The minimum atomic E-state index is -0.973. The van der Waals surface area contributed by atoms with E-state index in [4.69, 9.17) is 9.84 Å². The summed E-state index contributed by atoms with van der Waals surface area (Å²) in [6, 6.07) is 5.66. The fraction of sp³-hybridized carbons (Fsp3) is 0.316. The number of amides is 1. The van der Waals surface area contributed by atoms with Gasteiger partial charge in [-0.1, -0.05) is 12.1 Å². The quantitative estimate of drug-likeness (QED) is 0.652. The van der Waals surface area contributed by atoms with Crippen molar-refractivity contribution in [2.45, 2.75) is 39.2 Å². The topological polar surface area (TPSA) is 92.7 Å². The van der Waals surface area contributed by atoms with Crippen molar-refractivity contribution in [3.8, 4) is 11.1 Å². The molecule has 0 fully saturated rings. The first kappa shape index (κ1) is 20.6. The molecule has 0 aliphatic rings. The van der Waals surface area contributed by atoms with Crippen LogP contribution >= 0.6 is 11.3 Å². The monoisotopic (exact) mass is 393 g/mol. The summed E-state index contributed by atoms with van der Waals surface area (Å²) in [4.78, 5) is 35.2. The van der Waals surface area contributed by atoms with E-state index in [2.05, 4.69) is 5.32 Å². The zero-order valence-electron chi connectivity index (χ0n) is 15.0. The van der Waals surface area contributed by atoms with Gasteiger partial charge in [-0.05, 0) is 38.0 Å². The number of halogens is 1. The largest absolute Gasteiger partial charge is 0.481 e. The number of nitrogens with one attached hydrogen (secondary N) is 1. The molecule has 0 saturated heterocycles. The minimum absolute atomic E-state index is 0.0226. The maximum Gasteiger partial charge on any atom is 0.342 e. The van der Waals surface area contributed by atoms with Gasteiger partial charge in [0.05, 0.1) is 6.10 Å². The number of ether oxygens (including phenoxy) is 1. The zero-order valence-corrected chi connectivity index (χ0v) is 15.8. The van der Waals surface area contributed by atoms with E-state index in [0.29, 0.717) is 16.1 Å². The van der Waals surface area contributed by atoms with Gasteiger partial charge in [-0.3, -0.25) is 9.59 Å². The number of rotatable bonds is 8. The number of esters is 1. The molecule has 2 aromatic rings. The summed E-state index contributed by atoms with van der Waals surface area (Å²) < 4.78 is 18.5. The van der Waals surface area contributed by atoms with Crippen molar-refractivity contribution in [3.63, 3.8) is 0 Å². The Hall–Kier alpha value is -2.74. The van der Waals surface area contributed by atoms with Crippen molar-refractivity contribution in [2.24, 2.45) is 0 Å². The number of thiophene rings is 1. The number of carboxylic acid groups (broad SMARTS) is 1. The van der Waals surface area contributed by atoms with Crippen molar-refractivity contribution in [3.05, 3.63) is 41.0 Å². The van der Waals surface area contributed by atoms with Crippen LogP contribution in [0.1, 0.15) is 43.5 Å². The Morgan fingerprint density at radius 1 is 1.19 bits per heavy atom. The lowest BCUT2D eigenvalue weighted by Crippen LogP contribution is -2.16. The van der Waals surface area contributed by atoms with Crippen molar-refractivity contribution in [1.82, 2.24) is 0 Å². The molecule has 1 aromatic carbocycles. The summed E-state index contributed by atoms with van der Waals surface area (Å²) in [6.07, 6.45) is -0.240. The van der Waals surface area contributed by atoms with E-state index in [0.717, 1.165) is 11.3 Å². The van der Waals surface area contributed by atoms with Gasteiger partial charge < -0.3 is 15.2 Å². The van der Waals surface area contributed by atoms with E-state index in [1.165, 1.54) is 12.1 Å². The highest BCUT2D eigenvalue weighted by Gasteiger charge is 2.23. The molecule has 2 N–H and O–H groups in total. The summed E-state index contributed by atoms with van der Waals surface area (Å²) in [5.41, 5.74) is 1.35.